The highest BCUT2D eigenvalue weighted by molar-refractivity contribution is 6.33. The maximum absolute atomic E-state index is 12.2. The second kappa shape index (κ2) is 8.92. The van der Waals surface area contributed by atoms with E-state index >= 15 is 0 Å². The Morgan fingerprint density at radius 3 is 2.57 bits per heavy atom. The van der Waals surface area contributed by atoms with Crippen molar-refractivity contribution >= 4 is 35.1 Å². The molecule has 0 saturated heterocycles. The quantitative estimate of drug-likeness (QED) is 0.616. The molecule has 2 aromatic heterocycles. The third kappa shape index (κ3) is 4.80. The van der Waals surface area contributed by atoms with Crippen LogP contribution < -0.4 is 10.6 Å². The number of carbonyl (C=O) groups is 2. The number of aromatic nitrogens is 3. The maximum atomic E-state index is 12.2. The highest BCUT2D eigenvalue weighted by Gasteiger charge is 2.11. The summed E-state index contributed by atoms with van der Waals surface area (Å²) in [6, 6.07) is 8.31. The summed E-state index contributed by atoms with van der Waals surface area (Å²) in [5.74, 6) is -0.560. The molecule has 2 N–H and O–H groups in total. The van der Waals surface area contributed by atoms with Crippen LogP contribution in [0.3, 0.4) is 0 Å². The number of methoxy groups -OCH3 is 1. The number of esters is 1. The number of nitrogens with zero attached hydrogens (tertiary/aromatic N) is 3. The Hall–Kier alpha value is -3.52. The fourth-order valence-corrected chi connectivity index (χ4v) is 2.45. The van der Waals surface area contributed by atoms with E-state index in [9.17, 15) is 9.59 Å². The zero-order valence-electron chi connectivity index (χ0n) is 14.8. The summed E-state index contributed by atoms with van der Waals surface area (Å²) >= 11 is 6.14. The van der Waals surface area contributed by atoms with Gasteiger partial charge in [0.2, 0.25) is 5.95 Å². The molecule has 0 unspecified atom stereocenters. The van der Waals surface area contributed by atoms with Gasteiger partial charge in [0.1, 0.15) is 0 Å². The van der Waals surface area contributed by atoms with Crippen LogP contribution in [0, 0.1) is 0 Å². The minimum atomic E-state index is -0.485. The summed E-state index contributed by atoms with van der Waals surface area (Å²) in [6.45, 7) is 0.350. The Morgan fingerprint density at radius 1 is 1.11 bits per heavy atom. The molecule has 0 spiro atoms. The topological polar surface area (TPSA) is 106 Å². The van der Waals surface area contributed by atoms with Gasteiger partial charge in [0, 0.05) is 31.3 Å². The van der Waals surface area contributed by atoms with Gasteiger partial charge >= 0.3 is 5.97 Å². The summed E-state index contributed by atoms with van der Waals surface area (Å²) in [5.41, 5.74) is 1.97. The molecular weight excluding hydrogens is 382 g/mol. The molecule has 3 aromatic rings. The molecular formula is C19H16ClN5O3. The van der Waals surface area contributed by atoms with Gasteiger partial charge < -0.3 is 15.4 Å². The molecule has 0 saturated carbocycles. The highest BCUT2D eigenvalue weighted by atomic mass is 35.5. The normalized spacial score (nSPS) is 10.2. The largest absolute Gasteiger partial charge is 0.465 e. The number of hydrogen-bond donors (Lipinski definition) is 2. The molecule has 3 rings (SSSR count). The number of benzene rings is 1. The molecule has 0 atom stereocenters. The van der Waals surface area contributed by atoms with E-state index in [1.807, 2.05) is 6.07 Å². The van der Waals surface area contributed by atoms with E-state index < -0.39 is 5.97 Å². The number of nitrogens with one attached hydrogen (secondary N) is 2. The molecule has 142 valence electrons. The summed E-state index contributed by atoms with van der Waals surface area (Å²) < 4.78 is 4.69. The first-order valence-electron chi connectivity index (χ1n) is 8.21. The molecule has 0 bridgehead atoms. The van der Waals surface area contributed by atoms with E-state index in [1.165, 1.54) is 25.6 Å². The van der Waals surface area contributed by atoms with Gasteiger partial charge in [-0.2, -0.15) is 0 Å². The van der Waals surface area contributed by atoms with Crippen LogP contribution in [-0.4, -0.2) is 33.9 Å². The summed E-state index contributed by atoms with van der Waals surface area (Å²) in [4.78, 5) is 36.1. The first-order chi connectivity index (χ1) is 13.6. The van der Waals surface area contributed by atoms with Crippen LogP contribution in [-0.2, 0) is 11.3 Å². The molecule has 0 aliphatic carbocycles. The Kier molecular flexibility index (Phi) is 6.13. The van der Waals surface area contributed by atoms with Gasteiger partial charge in [0.05, 0.1) is 28.9 Å². The predicted molar refractivity (Wildman–Crippen MR) is 104 cm³/mol. The third-order valence-corrected chi connectivity index (χ3v) is 4.05. The predicted octanol–water partition coefficient (Wildman–Crippen LogP) is 2.99. The van der Waals surface area contributed by atoms with E-state index in [4.69, 9.17) is 11.6 Å². The summed E-state index contributed by atoms with van der Waals surface area (Å²) in [6.07, 6.45) is 6.13. The average molecular weight is 398 g/mol. The van der Waals surface area contributed by atoms with Crippen LogP contribution in [0.5, 0.6) is 0 Å². The number of pyridine rings is 1. The van der Waals surface area contributed by atoms with Crippen molar-refractivity contribution in [3.8, 4) is 0 Å². The Bertz CT molecular complexity index is 981. The Balaban J connectivity index is 1.66. The molecule has 8 nitrogen and oxygen atoms in total. The smallest absolute Gasteiger partial charge is 0.337 e. The third-order valence-electron chi connectivity index (χ3n) is 3.72. The molecule has 1 aromatic carbocycles. The molecule has 9 heteroatoms. The van der Waals surface area contributed by atoms with E-state index in [1.54, 1.807) is 30.6 Å². The van der Waals surface area contributed by atoms with E-state index in [0.29, 0.717) is 28.4 Å². The van der Waals surface area contributed by atoms with Crippen molar-refractivity contribution in [2.75, 3.05) is 12.4 Å². The molecule has 2 heterocycles. The van der Waals surface area contributed by atoms with Gasteiger partial charge in [-0.3, -0.25) is 9.78 Å². The molecule has 0 radical (unpaired) electrons. The lowest BCUT2D eigenvalue weighted by molar-refractivity contribution is 0.0600. The van der Waals surface area contributed by atoms with Crippen molar-refractivity contribution in [1.29, 1.82) is 0 Å². The highest BCUT2D eigenvalue weighted by Crippen LogP contribution is 2.25. The Labute approximate surface area is 166 Å². The number of anilines is 2. The number of rotatable bonds is 6. The minimum absolute atomic E-state index is 0.229. The van der Waals surface area contributed by atoms with Gasteiger partial charge in [0.15, 0.2) is 0 Å². The SMILES string of the molecule is COC(=O)c1ccc(Cl)c(Nc2ncc(C(=O)NCc3cccnc3)cn2)c1. The van der Waals surface area contributed by atoms with Crippen molar-refractivity contribution in [1.82, 2.24) is 20.3 Å². The maximum Gasteiger partial charge on any atom is 0.337 e. The molecule has 0 aliphatic rings. The van der Waals surface area contributed by atoms with Crippen LogP contribution in [0.4, 0.5) is 11.6 Å². The van der Waals surface area contributed by atoms with Crippen molar-refractivity contribution in [2.24, 2.45) is 0 Å². The fraction of sp³-hybridized carbons (Fsp3) is 0.105. The monoisotopic (exact) mass is 397 g/mol. The second-order valence-corrected chi connectivity index (χ2v) is 6.06. The standard InChI is InChI=1S/C19H16ClN5O3/c1-28-18(27)13-4-5-15(20)16(7-13)25-19-23-10-14(11-24-19)17(26)22-9-12-3-2-6-21-8-12/h2-8,10-11H,9H2,1H3,(H,22,26)(H,23,24,25). The van der Waals surface area contributed by atoms with Crippen molar-refractivity contribution < 1.29 is 14.3 Å². The Morgan fingerprint density at radius 2 is 1.89 bits per heavy atom. The van der Waals surface area contributed by atoms with Crippen molar-refractivity contribution in [3.63, 3.8) is 0 Å². The van der Waals surface area contributed by atoms with Gasteiger partial charge in [0.25, 0.3) is 5.91 Å². The van der Waals surface area contributed by atoms with E-state index in [-0.39, 0.29) is 11.9 Å². The first kappa shape index (κ1) is 19.2. The number of hydrogen-bond acceptors (Lipinski definition) is 7. The van der Waals surface area contributed by atoms with Crippen molar-refractivity contribution in [3.05, 3.63) is 76.8 Å². The molecule has 1 amide bonds. The lowest BCUT2D eigenvalue weighted by Crippen LogP contribution is -2.23. The van der Waals surface area contributed by atoms with Crippen LogP contribution in [0.1, 0.15) is 26.3 Å². The van der Waals surface area contributed by atoms with Crippen LogP contribution in [0.2, 0.25) is 5.02 Å². The van der Waals surface area contributed by atoms with E-state index in [2.05, 4.69) is 30.3 Å². The minimum Gasteiger partial charge on any atom is -0.465 e. The fourth-order valence-electron chi connectivity index (χ4n) is 2.28. The van der Waals surface area contributed by atoms with Crippen LogP contribution in [0.25, 0.3) is 0 Å². The first-order valence-corrected chi connectivity index (χ1v) is 8.58. The molecule has 0 aliphatic heterocycles. The zero-order valence-corrected chi connectivity index (χ0v) is 15.6. The summed E-state index contributed by atoms with van der Waals surface area (Å²) in [5, 5.41) is 6.07. The molecule has 28 heavy (non-hydrogen) atoms. The number of ether oxygens (including phenoxy) is 1. The zero-order chi connectivity index (χ0) is 19.9. The average Bonchev–Trinajstić information content (AvgIpc) is 2.74. The van der Waals surface area contributed by atoms with Crippen molar-refractivity contribution in [2.45, 2.75) is 6.54 Å². The lowest BCUT2D eigenvalue weighted by Gasteiger charge is -2.09. The number of halogens is 1. The van der Waals surface area contributed by atoms with Gasteiger partial charge in [-0.05, 0) is 29.8 Å². The number of amides is 1. The van der Waals surface area contributed by atoms with Gasteiger partial charge in [-0.15, -0.1) is 0 Å². The number of carbonyl (C=O) groups excluding carboxylic acids is 2. The van der Waals surface area contributed by atoms with Crippen LogP contribution in [0.15, 0.2) is 55.1 Å². The summed E-state index contributed by atoms with van der Waals surface area (Å²) in [7, 11) is 1.30. The van der Waals surface area contributed by atoms with Gasteiger partial charge in [-0.25, -0.2) is 14.8 Å². The second-order valence-electron chi connectivity index (χ2n) is 5.65. The molecule has 0 fully saturated rings. The van der Waals surface area contributed by atoms with Crippen LogP contribution >= 0.6 is 11.6 Å². The van der Waals surface area contributed by atoms with E-state index in [0.717, 1.165) is 5.56 Å². The van der Waals surface area contributed by atoms with Gasteiger partial charge in [-0.1, -0.05) is 17.7 Å². The lowest BCUT2D eigenvalue weighted by atomic mass is 10.2.